The Morgan fingerprint density at radius 1 is 1.06 bits per heavy atom. The van der Waals surface area contributed by atoms with Gasteiger partial charge in [0.2, 0.25) is 5.91 Å². The summed E-state index contributed by atoms with van der Waals surface area (Å²) in [5.41, 5.74) is 8.01. The Labute approximate surface area is 217 Å². The Morgan fingerprint density at radius 2 is 1.78 bits per heavy atom. The highest BCUT2D eigenvalue weighted by molar-refractivity contribution is 8.18. The van der Waals surface area contributed by atoms with E-state index in [1.54, 1.807) is 6.08 Å². The summed E-state index contributed by atoms with van der Waals surface area (Å²) in [5.74, 6) is -0.847. The van der Waals surface area contributed by atoms with Crippen molar-refractivity contribution in [2.75, 3.05) is 23.3 Å². The molecule has 2 heterocycles. The van der Waals surface area contributed by atoms with Crippen LogP contribution in [0.15, 0.2) is 41.3 Å². The minimum Gasteiger partial charge on any atom is -0.363 e. The number of imide groups is 1. The van der Waals surface area contributed by atoms with Crippen LogP contribution in [0.2, 0.25) is 0 Å². The van der Waals surface area contributed by atoms with E-state index in [1.165, 1.54) is 11.3 Å². The van der Waals surface area contributed by atoms with E-state index < -0.39 is 17.1 Å². The van der Waals surface area contributed by atoms with Crippen molar-refractivity contribution < 1.29 is 14.4 Å². The number of anilines is 2. The van der Waals surface area contributed by atoms with Crippen molar-refractivity contribution in [3.63, 3.8) is 0 Å². The molecule has 188 valence electrons. The molecule has 0 spiro atoms. The van der Waals surface area contributed by atoms with E-state index >= 15 is 0 Å². The van der Waals surface area contributed by atoms with E-state index in [9.17, 15) is 14.4 Å². The van der Waals surface area contributed by atoms with Gasteiger partial charge in [0, 0.05) is 23.5 Å². The van der Waals surface area contributed by atoms with Crippen LogP contribution in [0.1, 0.15) is 55.5 Å². The monoisotopic (exact) mass is 503 g/mol. The van der Waals surface area contributed by atoms with Gasteiger partial charge in [0.1, 0.15) is 6.54 Å². The van der Waals surface area contributed by atoms with Gasteiger partial charge in [0.15, 0.2) is 0 Å². The molecule has 0 radical (unpaired) electrons. The molecule has 1 saturated heterocycles. The molecule has 2 aliphatic heterocycles. The number of fused-ring (bicyclic) bond motifs is 1. The SMILES string of the molecule is CCN1c2cc(C)c(/C=C3/SC(=O)N(CC(=O)Nc4ccc(C)cc4C)C3=O)cc2C(C)=CC1(C)C. The zero-order valence-electron chi connectivity index (χ0n) is 22.0. The van der Waals surface area contributed by atoms with Crippen LogP contribution in [0.5, 0.6) is 0 Å². The summed E-state index contributed by atoms with van der Waals surface area (Å²) in [6.45, 7) is 15.1. The smallest absolute Gasteiger partial charge is 0.294 e. The fraction of sp³-hybridized carbons (Fsp3) is 0.345. The van der Waals surface area contributed by atoms with Gasteiger partial charge >= 0.3 is 0 Å². The summed E-state index contributed by atoms with van der Waals surface area (Å²) in [4.78, 5) is 42.1. The molecule has 0 saturated carbocycles. The van der Waals surface area contributed by atoms with E-state index in [1.807, 2.05) is 39.0 Å². The van der Waals surface area contributed by atoms with Gasteiger partial charge in [-0.2, -0.15) is 0 Å². The molecule has 0 atom stereocenters. The minimum atomic E-state index is -0.443. The van der Waals surface area contributed by atoms with E-state index in [2.05, 4.69) is 56.1 Å². The first-order valence-electron chi connectivity index (χ1n) is 12.2. The second kappa shape index (κ2) is 9.62. The van der Waals surface area contributed by atoms with Gasteiger partial charge in [0.25, 0.3) is 11.1 Å². The van der Waals surface area contributed by atoms with Crippen molar-refractivity contribution in [2.45, 2.75) is 54.0 Å². The first-order valence-corrected chi connectivity index (χ1v) is 13.0. The molecule has 0 aromatic heterocycles. The first kappa shape index (κ1) is 25.8. The highest BCUT2D eigenvalue weighted by atomic mass is 32.2. The quantitative estimate of drug-likeness (QED) is 0.484. The number of benzene rings is 2. The predicted molar refractivity (Wildman–Crippen MR) is 149 cm³/mol. The summed E-state index contributed by atoms with van der Waals surface area (Å²) in [5, 5.41) is 2.37. The zero-order chi connectivity index (χ0) is 26.4. The number of aryl methyl sites for hydroxylation is 3. The second-order valence-corrected chi connectivity index (χ2v) is 11.1. The number of likely N-dealkylation sites (N-methyl/N-ethyl adjacent to an activating group) is 1. The average molecular weight is 504 g/mol. The molecule has 0 bridgehead atoms. The molecule has 2 aromatic carbocycles. The molecule has 7 heteroatoms. The van der Waals surface area contributed by atoms with Gasteiger partial charge in [-0.15, -0.1) is 0 Å². The topological polar surface area (TPSA) is 69.7 Å². The standard InChI is InChI=1S/C29H33N3O3S/c1-8-32-24-12-18(3)21(13-22(24)20(5)15-29(32,6)7)14-25-27(34)31(28(35)36-25)16-26(33)30-23-10-9-17(2)11-19(23)4/h9-15H,8,16H2,1-7H3,(H,30,33)/b25-14+. The fourth-order valence-corrected chi connectivity index (χ4v) is 5.87. The van der Waals surface area contributed by atoms with Gasteiger partial charge in [-0.25, -0.2) is 0 Å². The summed E-state index contributed by atoms with van der Waals surface area (Å²) in [6.07, 6.45) is 4.03. The van der Waals surface area contributed by atoms with E-state index in [-0.39, 0.29) is 12.1 Å². The third-order valence-corrected chi connectivity index (χ3v) is 7.71. The Hall–Kier alpha value is -3.32. The van der Waals surface area contributed by atoms with Gasteiger partial charge in [-0.3, -0.25) is 19.3 Å². The lowest BCUT2D eigenvalue weighted by Gasteiger charge is -2.43. The molecule has 0 aliphatic carbocycles. The predicted octanol–water partition coefficient (Wildman–Crippen LogP) is 6.31. The lowest BCUT2D eigenvalue weighted by molar-refractivity contribution is -0.127. The number of amides is 3. The Bertz CT molecular complexity index is 1340. The number of nitrogens with one attached hydrogen (secondary N) is 1. The number of rotatable bonds is 5. The molecule has 6 nitrogen and oxygen atoms in total. The minimum absolute atomic E-state index is 0.0832. The van der Waals surface area contributed by atoms with E-state index in [0.29, 0.717) is 10.6 Å². The highest BCUT2D eigenvalue weighted by Gasteiger charge is 2.37. The number of hydrogen-bond donors (Lipinski definition) is 1. The second-order valence-electron chi connectivity index (χ2n) is 10.1. The molecule has 2 aliphatic rings. The highest BCUT2D eigenvalue weighted by Crippen LogP contribution is 2.41. The zero-order valence-corrected chi connectivity index (χ0v) is 22.8. The molecule has 1 fully saturated rings. The van der Waals surface area contributed by atoms with E-state index in [0.717, 1.165) is 51.0 Å². The lowest BCUT2D eigenvalue weighted by Crippen LogP contribution is -2.44. The van der Waals surface area contributed by atoms with Gasteiger partial charge in [0.05, 0.1) is 10.4 Å². The van der Waals surface area contributed by atoms with Crippen LogP contribution in [0.25, 0.3) is 11.6 Å². The van der Waals surface area contributed by atoms with Crippen LogP contribution in [-0.4, -0.2) is 40.6 Å². The maximum Gasteiger partial charge on any atom is 0.294 e. The summed E-state index contributed by atoms with van der Waals surface area (Å²) in [6, 6.07) is 9.95. The van der Waals surface area contributed by atoms with Crippen molar-refractivity contribution in [3.8, 4) is 0 Å². The Kier molecular flexibility index (Phi) is 6.88. The summed E-state index contributed by atoms with van der Waals surface area (Å²) in [7, 11) is 0. The van der Waals surface area contributed by atoms with Crippen LogP contribution in [0, 0.1) is 20.8 Å². The van der Waals surface area contributed by atoms with Crippen LogP contribution in [0.3, 0.4) is 0 Å². The number of nitrogens with zero attached hydrogens (tertiary/aromatic N) is 2. The number of carbonyl (C=O) groups is 3. The molecule has 4 rings (SSSR count). The van der Waals surface area contributed by atoms with Crippen molar-refractivity contribution in [2.24, 2.45) is 0 Å². The molecule has 2 aromatic rings. The maximum atomic E-state index is 13.1. The van der Waals surface area contributed by atoms with Crippen molar-refractivity contribution >= 4 is 51.8 Å². The fourth-order valence-electron chi connectivity index (χ4n) is 5.04. The van der Waals surface area contributed by atoms with Crippen molar-refractivity contribution in [1.82, 2.24) is 4.90 Å². The molecule has 36 heavy (non-hydrogen) atoms. The normalized spacial score (nSPS) is 18.0. The number of carbonyl (C=O) groups excluding carboxylic acids is 3. The molecule has 3 amide bonds. The summed E-state index contributed by atoms with van der Waals surface area (Å²) < 4.78 is 0. The maximum absolute atomic E-state index is 13.1. The third-order valence-electron chi connectivity index (χ3n) is 6.80. The molecule has 0 unspecified atom stereocenters. The van der Waals surface area contributed by atoms with Gasteiger partial charge in [-0.1, -0.05) is 23.8 Å². The number of thioether (sulfide) groups is 1. The average Bonchev–Trinajstić information content (AvgIpc) is 3.04. The molecular weight excluding hydrogens is 470 g/mol. The van der Waals surface area contributed by atoms with Crippen LogP contribution < -0.4 is 10.2 Å². The molecular formula is C29H33N3O3S. The van der Waals surface area contributed by atoms with E-state index in [4.69, 9.17) is 0 Å². The van der Waals surface area contributed by atoms with Gasteiger partial charge in [-0.05, 0) is 107 Å². The van der Waals surface area contributed by atoms with Crippen LogP contribution >= 0.6 is 11.8 Å². The summed E-state index contributed by atoms with van der Waals surface area (Å²) >= 11 is 0.875. The number of allylic oxidation sites excluding steroid dienone is 1. The third kappa shape index (κ3) is 4.85. The number of hydrogen-bond acceptors (Lipinski definition) is 5. The largest absolute Gasteiger partial charge is 0.363 e. The lowest BCUT2D eigenvalue weighted by atomic mass is 9.87. The van der Waals surface area contributed by atoms with Crippen LogP contribution in [0.4, 0.5) is 16.2 Å². The van der Waals surface area contributed by atoms with Gasteiger partial charge < -0.3 is 10.2 Å². The first-order chi connectivity index (χ1) is 16.9. The molecule has 1 N–H and O–H groups in total. The van der Waals surface area contributed by atoms with Crippen LogP contribution in [-0.2, 0) is 9.59 Å². The Morgan fingerprint density at radius 3 is 2.44 bits per heavy atom. The van der Waals surface area contributed by atoms with Crippen molar-refractivity contribution in [1.29, 1.82) is 0 Å². The Balaban J connectivity index is 1.56. The van der Waals surface area contributed by atoms with Crippen molar-refractivity contribution in [3.05, 3.63) is 69.1 Å².